The van der Waals surface area contributed by atoms with E-state index in [0.29, 0.717) is 37.3 Å². The number of hydrazone groups is 1. The molecule has 7 heteroatoms. The van der Waals surface area contributed by atoms with Gasteiger partial charge in [-0.25, -0.2) is 5.01 Å². The summed E-state index contributed by atoms with van der Waals surface area (Å²) in [4.78, 5) is 37.9. The fraction of sp³-hybridized carbons (Fsp3) is 0.444. The largest absolute Gasteiger partial charge is 0.369 e. The van der Waals surface area contributed by atoms with Crippen LogP contribution in [-0.2, 0) is 14.4 Å². The van der Waals surface area contributed by atoms with Crippen LogP contribution in [0.2, 0.25) is 0 Å². The van der Waals surface area contributed by atoms with Crippen LogP contribution in [0.5, 0.6) is 0 Å². The number of amides is 3. The van der Waals surface area contributed by atoms with E-state index in [2.05, 4.69) is 5.10 Å². The van der Waals surface area contributed by atoms with Gasteiger partial charge in [0.25, 0.3) is 5.91 Å². The first kappa shape index (κ1) is 17.1. The highest BCUT2D eigenvalue weighted by Crippen LogP contribution is 2.26. The van der Waals surface area contributed by atoms with Crippen LogP contribution in [0.3, 0.4) is 0 Å². The minimum Gasteiger partial charge on any atom is -0.369 e. The van der Waals surface area contributed by atoms with E-state index in [4.69, 9.17) is 5.73 Å². The van der Waals surface area contributed by atoms with Gasteiger partial charge in [0.1, 0.15) is 5.71 Å². The van der Waals surface area contributed by atoms with Gasteiger partial charge in [-0.2, -0.15) is 5.10 Å². The molecule has 1 aromatic carbocycles. The number of carbonyl (C=O) groups excluding carboxylic acids is 3. The van der Waals surface area contributed by atoms with Gasteiger partial charge in [-0.15, -0.1) is 0 Å². The van der Waals surface area contributed by atoms with Crippen LogP contribution in [0.25, 0.3) is 0 Å². The maximum absolute atomic E-state index is 12.7. The Balaban J connectivity index is 1.85. The fourth-order valence-corrected chi connectivity index (χ4v) is 3.20. The van der Waals surface area contributed by atoms with Gasteiger partial charge in [0.15, 0.2) is 0 Å². The van der Waals surface area contributed by atoms with Crippen molar-refractivity contribution in [2.75, 3.05) is 18.1 Å². The Labute approximate surface area is 146 Å². The number of nitrogens with zero attached hydrogens (tertiary/aromatic N) is 3. The molecule has 1 fully saturated rings. The highest BCUT2D eigenvalue weighted by atomic mass is 16.2. The zero-order valence-electron chi connectivity index (χ0n) is 14.5. The fourth-order valence-electron chi connectivity index (χ4n) is 3.20. The summed E-state index contributed by atoms with van der Waals surface area (Å²) in [6, 6.07) is 5.79. The highest BCUT2D eigenvalue weighted by molar-refractivity contribution is 6.40. The second-order valence-electron chi connectivity index (χ2n) is 6.68. The predicted octanol–water partition coefficient (Wildman–Crippen LogP) is 1.12. The lowest BCUT2D eigenvalue weighted by molar-refractivity contribution is -0.124. The molecule has 3 rings (SSSR count). The van der Waals surface area contributed by atoms with Gasteiger partial charge in [-0.05, 0) is 37.5 Å². The van der Waals surface area contributed by atoms with Crippen LogP contribution in [0.4, 0.5) is 5.69 Å². The molecular weight excluding hydrogens is 320 g/mol. The summed E-state index contributed by atoms with van der Waals surface area (Å²) in [5.74, 6) is -1.02. The first-order chi connectivity index (χ1) is 11.9. The number of rotatable bonds is 3. The Morgan fingerprint density at radius 3 is 2.68 bits per heavy atom. The summed E-state index contributed by atoms with van der Waals surface area (Å²) < 4.78 is 0. The third kappa shape index (κ3) is 3.40. The average Bonchev–Trinajstić information content (AvgIpc) is 3.07. The minimum atomic E-state index is -0.381. The summed E-state index contributed by atoms with van der Waals surface area (Å²) in [5.41, 5.74) is 8.32. The van der Waals surface area contributed by atoms with Crippen molar-refractivity contribution in [3.05, 3.63) is 29.3 Å². The minimum absolute atomic E-state index is 0.123. The molecule has 0 aromatic heterocycles. The van der Waals surface area contributed by atoms with Crippen molar-refractivity contribution in [1.29, 1.82) is 0 Å². The quantitative estimate of drug-likeness (QED) is 0.891. The lowest BCUT2D eigenvalue weighted by Gasteiger charge is -2.26. The molecule has 0 spiro atoms. The molecule has 1 atom stereocenters. The molecule has 3 amide bonds. The molecule has 2 N–H and O–H groups in total. The van der Waals surface area contributed by atoms with E-state index in [1.807, 2.05) is 32.0 Å². The molecule has 0 aliphatic carbocycles. The molecule has 0 saturated carbocycles. The summed E-state index contributed by atoms with van der Waals surface area (Å²) in [6.45, 7) is 4.67. The number of carbonyl (C=O) groups is 3. The zero-order valence-corrected chi connectivity index (χ0v) is 14.5. The molecule has 2 heterocycles. The van der Waals surface area contributed by atoms with Gasteiger partial charge < -0.3 is 10.6 Å². The van der Waals surface area contributed by atoms with Crippen LogP contribution < -0.4 is 10.7 Å². The molecule has 1 saturated heterocycles. The monoisotopic (exact) mass is 342 g/mol. The van der Waals surface area contributed by atoms with Gasteiger partial charge in [-0.3, -0.25) is 14.4 Å². The topological polar surface area (TPSA) is 96.1 Å². The van der Waals surface area contributed by atoms with Crippen molar-refractivity contribution < 1.29 is 14.4 Å². The Hall–Kier alpha value is -2.70. The highest BCUT2D eigenvalue weighted by Gasteiger charge is 2.34. The van der Waals surface area contributed by atoms with E-state index < -0.39 is 0 Å². The van der Waals surface area contributed by atoms with E-state index in [-0.39, 0.29) is 30.1 Å². The van der Waals surface area contributed by atoms with Crippen molar-refractivity contribution in [1.82, 2.24) is 4.90 Å². The van der Waals surface area contributed by atoms with Gasteiger partial charge in [-0.1, -0.05) is 12.1 Å². The van der Waals surface area contributed by atoms with Gasteiger partial charge >= 0.3 is 0 Å². The number of nitrogens with two attached hydrogens (primary N) is 1. The third-order valence-electron chi connectivity index (χ3n) is 4.75. The second-order valence-corrected chi connectivity index (χ2v) is 6.68. The molecule has 0 unspecified atom stereocenters. The first-order valence-electron chi connectivity index (χ1n) is 8.43. The standard InChI is InChI=1S/C18H22N4O3/c1-11-3-4-12(2)15(9-11)22-16(23)6-5-14(20-22)18(25)21-8-7-13(10-21)17(19)24/h3-4,9,13H,5-8,10H2,1-2H3,(H2,19,24)/t13-/m1/s1. The molecule has 7 nitrogen and oxygen atoms in total. The second kappa shape index (κ2) is 6.66. The maximum atomic E-state index is 12.7. The Bertz CT molecular complexity index is 772. The van der Waals surface area contributed by atoms with Crippen LogP contribution in [0.15, 0.2) is 23.3 Å². The summed E-state index contributed by atoms with van der Waals surface area (Å²) >= 11 is 0. The lowest BCUT2D eigenvalue weighted by Crippen LogP contribution is -2.41. The molecular formula is C18H22N4O3. The average molecular weight is 342 g/mol. The van der Waals surface area contributed by atoms with Gasteiger partial charge in [0, 0.05) is 25.9 Å². The van der Waals surface area contributed by atoms with Crippen molar-refractivity contribution in [2.24, 2.45) is 16.8 Å². The molecule has 2 aliphatic rings. The molecule has 25 heavy (non-hydrogen) atoms. The molecule has 1 aromatic rings. The third-order valence-corrected chi connectivity index (χ3v) is 4.75. The van der Waals surface area contributed by atoms with E-state index in [9.17, 15) is 14.4 Å². The number of aryl methyl sites for hydroxylation is 2. The van der Waals surface area contributed by atoms with Crippen molar-refractivity contribution in [3.8, 4) is 0 Å². The number of likely N-dealkylation sites (tertiary alicyclic amines) is 1. The zero-order chi connectivity index (χ0) is 18.1. The molecule has 2 aliphatic heterocycles. The predicted molar refractivity (Wildman–Crippen MR) is 94.0 cm³/mol. The number of anilines is 1. The van der Waals surface area contributed by atoms with E-state index in [0.717, 1.165) is 11.1 Å². The van der Waals surface area contributed by atoms with E-state index >= 15 is 0 Å². The number of primary amides is 1. The van der Waals surface area contributed by atoms with Crippen LogP contribution in [0, 0.1) is 19.8 Å². The van der Waals surface area contributed by atoms with Crippen LogP contribution in [0.1, 0.15) is 30.4 Å². The first-order valence-corrected chi connectivity index (χ1v) is 8.43. The summed E-state index contributed by atoms with van der Waals surface area (Å²) in [7, 11) is 0. The van der Waals surface area contributed by atoms with E-state index in [1.54, 1.807) is 4.90 Å². The smallest absolute Gasteiger partial charge is 0.270 e. The van der Waals surface area contributed by atoms with Crippen molar-refractivity contribution in [3.63, 3.8) is 0 Å². The van der Waals surface area contributed by atoms with Crippen LogP contribution >= 0.6 is 0 Å². The summed E-state index contributed by atoms with van der Waals surface area (Å²) in [5, 5.41) is 5.68. The Morgan fingerprint density at radius 2 is 2.00 bits per heavy atom. The van der Waals surface area contributed by atoms with Gasteiger partial charge in [0.2, 0.25) is 11.8 Å². The number of hydrogen-bond acceptors (Lipinski definition) is 4. The number of benzene rings is 1. The molecule has 0 radical (unpaired) electrons. The summed E-state index contributed by atoms with van der Waals surface area (Å²) in [6.07, 6.45) is 1.13. The van der Waals surface area contributed by atoms with Crippen LogP contribution in [-0.4, -0.2) is 41.4 Å². The Morgan fingerprint density at radius 1 is 1.24 bits per heavy atom. The Kier molecular flexibility index (Phi) is 4.57. The van der Waals surface area contributed by atoms with Crippen molar-refractivity contribution >= 4 is 29.1 Å². The molecule has 0 bridgehead atoms. The normalized spacial score (nSPS) is 20.6. The van der Waals surface area contributed by atoms with Gasteiger partial charge in [0.05, 0.1) is 11.6 Å². The lowest BCUT2D eigenvalue weighted by atomic mass is 10.1. The SMILES string of the molecule is Cc1ccc(C)c(N2N=C(C(=O)N3CC[C@@H](C(N)=O)C3)CCC2=O)c1. The number of hydrogen-bond donors (Lipinski definition) is 1. The van der Waals surface area contributed by atoms with Crippen molar-refractivity contribution in [2.45, 2.75) is 33.1 Å². The maximum Gasteiger partial charge on any atom is 0.270 e. The van der Waals surface area contributed by atoms with E-state index in [1.165, 1.54) is 5.01 Å². The molecule has 132 valence electrons.